The zero-order valence-corrected chi connectivity index (χ0v) is 20.0. The molecule has 1 amide bonds. The van der Waals surface area contributed by atoms with Gasteiger partial charge in [-0.05, 0) is 12.1 Å². The second kappa shape index (κ2) is 10.2. The number of carbonyl (C=O) groups is 1. The van der Waals surface area contributed by atoms with Gasteiger partial charge in [0.25, 0.3) is 5.91 Å². The standard InChI is InChI=1S/C23H23ClN8O5/c1-25-22(35)18-16(33)17(34)23(37-18)32-10-28-15-20(27-9-13-4-3-5-14(29-13)36-2)30-19(31-21(15)32)11-6-12(24)8-26-7-11/h3-8,10,16-18,23,33-34H,9H2,1-2H3,(H,25,35)(H,27,30,31)/t16-,17+,18-,23+/m0/s1/i1D3. The molecule has 1 saturated heterocycles. The average Bonchev–Trinajstić information content (AvgIpc) is 3.47. The van der Waals surface area contributed by atoms with Gasteiger partial charge in [-0.25, -0.2) is 19.9 Å². The van der Waals surface area contributed by atoms with E-state index in [1.165, 1.54) is 30.4 Å². The van der Waals surface area contributed by atoms with Gasteiger partial charge in [0.05, 0.1) is 30.7 Å². The lowest BCUT2D eigenvalue weighted by Crippen LogP contribution is -2.41. The van der Waals surface area contributed by atoms with Gasteiger partial charge in [0.15, 0.2) is 35.1 Å². The van der Waals surface area contributed by atoms with Crippen molar-refractivity contribution in [1.29, 1.82) is 0 Å². The minimum atomic E-state index is -2.81. The van der Waals surface area contributed by atoms with E-state index in [9.17, 15) is 15.0 Å². The molecule has 192 valence electrons. The lowest BCUT2D eigenvalue weighted by Gasteiger charge is -2.17. The summed E-state index contributed by atoms with van der Waals surface area (Å²) >= 11 is 6.13. The number of halogens is 1. The molecule has 0 aromatic carbocycles. The summed E-state index contributed by atoms with van der Waals surface area (Å²) < 4.78 is 33.9. The molecule has 4 atom stereocenters. The van der Waals surface area contributed by atoms with Gasteiger partial charge >= 0.3 is 0 Å². The number of hydrogen-bond donors (Lipinski definition) is 4. The number of amides is 1. The lowest BCUT2D eigenvalue weighted by atomic mass is 10.1. The fourth-order valence-corrected chi connectivity index (χ4v) is 4.08. The number of carbonyl (C=O) groups excluding carboxylic acids is 1. The van der Waals surface area contributed by atoms with Crippen molar-refractivity contribution < 1.29 is 28.6 Å². The number of hydrogen-bond acceptors (Lipinski definition) is 11. The maximum atomic E-state index is 12.4. The number of nitrogens with zero attached hydrogens (tertiary/aromatic N) is 6. The summed E-state index contributed by atoms with van der Waals surface area (Å²) in [5.41, 5.74) is 1.59. The van der Waals surface area contributed by atoms with Crippen LogP contribution in [0.2, 0.25) is 5.02 Å². The topological polar surface area (TPSA) is 169 Å². The number of ether oxygens (including phenoxy) is 2. The van der Waals surface area contributed by atoms with Gasteiger partial charge in [-0.3, -0.25) is 14.3 Å². The molecule has 5 rings (SSSR count). The van der Waals surface area contributed by atoms with Crippen LogP contribution in [0.1, 0.15) is 16.0 Å². The minimum absolute atomic E-state index is 0.180. The van der Waals surface area contributed by atoms with Crippen LogP contribution in [0.5, 0.6) is 5.88 Å². The van der Waals surface area contributed by atoms with Crippen molar-refractivity contribution in [2.45, 2.75) is 31.1 Å². The van der Waals surface area contributed by atoms with Crippen molar-refractivity contribution in [3.05, 3.63) is 53.7 Å². The first kappa shape index (κ1) is 21.2. The third-order valence-corrected chi connectivity index (χ3v) is 5.91. The molecular weight excluding hydrogens is 504 g/mol. The molecular formula is C23H23ClN8O5. The third kappa shape index (κ3) is 4.76. The Morgan fingerprint density at radius 2 is 2.14 bits per heavy atom. The van der Waals surface area contributed by atoms with E-state index in [2.05, 4.69) is 30.2 Å². The van der Waals surface area contributed by atoms with Crippen molar-refractivity contribution >= 4 is 34.5 Å². The van der Waals surface area contributed by atoms with E-state index in [1.807, 2.05) is 0 Å². The Balaban J connectivity index is 1.53. The first-order valence-electron chi connectivity index (χ1n) is 12.5. The van der Waals surface area contributed by atoms with Crippen LogP contribution < -0.4 is 15.4 Å². The van der Waals surface area contributed by atoms with E-state index in [0.717, 1.165) is 0 Å². The molecule has 5 heterocycles. The second-order valence-corrected chi connectivity index (χ2v) is 8.49. The van der Waals surface area contributed by atoms with Gasteiger partial charge in [-0.15, -0.1) is 0 Å². The largest absolute Gasteiger partial charge is 0.481 e. The highest BCUT2D eigenvalue weighted by Crippen LogP contribution is 2.34. The van der Waals surface area contributed by atoms with Gasteiger partial charge in [0.2, 0.25) is 5.88 Å². The van der Waals surface area contributed by atoms with Crippen molar-refractivity contribution in [2.75, 3.05) is 19.4 Å². The summed E-state index contributed by atoms with van der Waals surface area (Å²) in [6, 6.07) is 6.91. The number of rotatable bonds is 7. The molecule has 4 N–H and O–H groups in total. The summed E-state index contributed by atoms with van der Waals surface area (Å²) in [7, 11) is 1.51. The predicted octanol–water partition coefficient (Wildman–Crippen LogP) is 0.923. The van der Waals surface area contributed by atoms with Crippen LogP contribution in [0.15, 0.2) is 43.0 Å². The second-order valence-electron chi connectivity index (χ2n) is 8.05. The van der Waals surface area contributed by atoms with Crippen molar-refractivity contribution in [1.82, 2.24) is 34.8 Å². The van der Waals surface area contributed by atoms with Gasteiger partial charge in [0, 0.05) is 35.1 Å². The molecule has 1 aliphatic rings. The summed E-state index contributed by atoms with van der Waals surface area (Å²) in [6.07, 6.45) is -2.06. The van der Waals surface area contributed by atoms with E-state index in [1.54, 1.807) is 29.6 Å². The van der Waals surface area contributed by atoms with E-state index < -0.39 is 37.4 Å². The van der Waals surface area contributed by atoms with Crippen LogP contribution in [0.25, 0.3) is 22.6 Å². The number of fused-ring (bicyclic) bond motifs is 1. The van der Waals surface area contributed by atoms with Crippen LogP contribution in [-0.4, -0.2) is 78.0 Å². The smallest absolute Gasteiger partial charge is 0.251 e. The number of methoxy groups -OCH3 is 1. The van der Waals surface area contributed by atoms with Gasteiger partial charge < -0.3 is 30.3 Å². The summed E-state index contributed by atoms with van der Waals surface area (Å²) in [6.45, 7) is -2.57. The Morgan fingerprint density at radius 3 is 2.92 bits per heavy atom. The Labute approximate surface area is 219 Å². The quantitative estimate of drug-likeness (QED) is 0.268. The molecule has 37 heavy (non-hydrogen) atoms. The van der Waals surface area contributed by atoms with E-state index >= 15 is 0 Å². The van der Waals surface area contributed by atoms with Gasteiger partial charge in [0.1, 0.15) is 12.2 Å². The van der Waals surface area contributed by atoms with Crippen molar-refractivity contribution in [3.8, 4) is 17.3 Å². The maximum absolute atomic E-state index is 12.4. The molecule has 1 fully saturated rings. The molecule has 14 heteroatoms. The molecule has 0 bridgehead atoms. The number of imidazole rings is 1. The van der Waals surface area contributed by atoms with E-state index in [-0.39, 0.29) is 23.5 Å². The SMILES string of the molecule is [2H]C([2H])([2H])NC(=O)[C@H]1O[C@@H](n2cnc3c(NCc4cccc(OC)n4)nc(-c4cncc(Cl)c4)nc32)[C@H](O)[C@@H]1O. The molecule has 0 spiro atoms. The Morgan fingerprint density at radius 1 is 1.27 bits per heavy atom. The van der Waals surface area contributed by atoms with Crippen LogP contribution in [0.4, 0.5) is 5.82 Å². The summed E-state index contributed by atoms with van der Waals surface area (Å²) in [5, 5.41) is 26.5. The number of aromatic nitrogens is 6. The predicted molar refractivity (Wildman–Crippen MR) is 132 cm³/mol. The molecule has 4 aromatic heterocycles. The molecule has 0 radical (unpaired) electrons. The molecule has 4 aromatic rings. The molecule has 13 nitrogen and oxygen atoms in total. The van der Waals surface area contributed by atoms with Crippen molar-refractivity contribution in [3.63, 3.8) is 0 Å². The zero-order valence-electron chi connectivity index (χ0n) is 22.2. The summed E-state index contributed by atoms with van der Waals surface area (Å²) in [4.78, 5) is 34.4. The van der Waals surface area contributed by atoms with E-state index in [4.69, 9.17) is 25.2 Å². The number of anilines is 1. The number of likely N-dealkylation sites (N-methyl/N-ethyl adjacent to an activating group) is 1. The highest BCUT2D eigenvalue weighted by molar-refractivity contribution is 6.30. The average molecular weight is 530 g/mol. The van der Waals surface area contributed by atoms with Crippen molar-refractivity contribution in [2.24, 2.45) is 0 Å². The minimum Gasteiger partial charge on any atom is -0.481 e. The van der Waals surface area contributed by atoms with Crippen LogP contribution in [0.3, 0.4) is 0 Å². The Hall–Kier alpha value is -3.91. The molecule has 0 saturated carbocycles. The third-order valence-electron chi connectivity index (χ3n) is 5.71. The molecule has 0 aliphatic carbocycles. The van der Waals surface area contributed by atoms with E-state index in [0.29, 0.717) is 28.0 Å². The first-order chi connectivity index (χ1) is 19.0. The molecule has 0 unspecified atom stereocenters. The van der Waals surface area contributed by atoms with Crippen LogP contribution >= 0.6 is 11.6 Å². The Kier molecular flexibility index (Phi) is 5.86. The van der Waals surface area contributed by atoms with Crippen LogP contribution in [-0.2, 0) is 16.1 Å². The first-order valence-corrected chi connectivity index (χ1v) is 11.3. The summed E-state index contributed by atoms with van der Waals surface area (Å²) in [5.74, 6) is -0.166. The maximum Gasteiger partial charge on any atom is 0.251 e. The highest BCUT2D eigenvalue weighted by atomic mass is 35.5. The normalized spacial score (nSPS) is 22.8. The number of aliphatic hydroxyl groups is 2. The van der Waals surface area contributed by atoms with Gasteiger partial charge in [-0.2, -0.15) is 0 Å². The number of pyridine rings is 2. The Bertz CT molecular complexity index is 1550. The monoisotopic (exact) mass is 529 g/mol. The number of nitrogens with one attached hydrogen (secondary N) is 2. The fourth-order valence-electron chi connectivity index (χ4n) is 3.91. The highest BCUT2D eigenvalue weighted by Gasteiger charge is 2.47. The zero-order chi connectivity index (χ0) is 28.6. The molecule has 1 aliphatic heterocycles. The van der Waals surface area contributed by atoms with Gasteiger partial charge in [-0.1, -0.05) is 17.7 Å². The lowest BCUT2D eigenvalue weighted by molar-refractivity contribution is -0.137. The van der Waals surface area contributed by atoms with Crippen LogP contribution in [0, 0.1) is 0 Å². The fraction of sp³-hybridized carbons (Fsp3) is 0.304. The number of aliphatic hydroxyl groups excluding tert-OH is 2.